The van der Waals surface area contributed by atoms with Gasteiger partial charge in [0.05, 0.1) is 36.1 Å². The second-order valence-electron chi connectivity index (χ2n) is 5.33. The Balaban J connectivity index is 1.51. The summed E-state index contributed by atoms with van der Waals surface area (Å²) in [6.45, 7) is 1.26. The van der Waals surface area contributed by atoms with Gasteiger partial charge in [-0.15, -0.1) is 0 Å². The fraction of sp³-hybridized carbons (Fsp3) is 0.571. The molecule has 1 aliphatic carbocycles. The fourth-order valence-electron chi connectivity index (χ4n) is 2.78. The number of hydrogen-bond donors (Lipinski definition) is 1. The maximum absolute atomic E-state index is 12.2. The van der Waals surface area contributed by atoms with E-state index in [-0.39, 0.29) is 24.0 Å². The van der Waals surface area contributed by atoms with Crippen LogP contribution in [0.2, 0.25) is 0 Å². The monoisotopic (exact) mass is 434 g/mol. The van der Waals surface area contributed by atoms with Gasteiger partial charge in [-0.2, -0.15) is 5.10 Å². The Morgan fingerprint density at radius 2 is 2.05 bits per heavy atom. The lowest BCUT2D eigenvalue weighted by Crippen LogP contribution is -2.45. The van der Waals surface area contributed by atoms with Crippen molar-refractivity contribution >= 4 is 44.0 Å². The average Bonchev–Trinajstić information content (AvgIpc) is 2.85. The first kappa shape index (κ1) is 16.2. The van der Waals surface area contributed by atoms with Crippen LogP contribution in [0.5, 0.6) is 0 Å². The Labute approximate surface area is 144 Å². The predicted octanol–water partition coefficient (Wildman–Crippen LogP) is 2.84. The highest BCUT2D eigenvalue weighted by molar-refractivity contribution is 9.13. The molecule has 1 aromatic heterocycles. The van der Waals surface area contributed by atoms with E-state index in [4.69, 9.17) is 13.9 Å². The molecule has 22 heavy (non-hydrogen) atoms. The second kappa shape index (κ2) is 7.25. The third-order valence-electron chi connectivity index (χ3n) is 3.88. The number of rotatable bonds is 3. The molecule has 1 aliphatic heterocycles. The summed E-state index contributed by atoms with van der Waals surface area (Å²) >= 11 is 6.56. The summed E-state index contributed by atoms with van der Waals surface area (Å²) in [5, 5.41) is 3.94. The van der Waals surface area contributed by atoms with Crippen molar-refractivity contribution in [2.45, 2.75) is 31.5 Å². The van der Waals surface area contributed by atoms with Crippen molar-refractivity contribution in [3.05, 3.63) is 21.0 Å². The maximum atomic E-state index is 12.2. The molecular weight excluding hydrogens is 420 g/mol. The van der Waals surface area contributed by atoms with Crippen molar-refractivity contribution in [2.24, 2.45) is 11.0 Å². The lowest BCUT2D eigenvalue weighted by Gasteiger charge is -2.38. The van der Waals surface area contributed by atoms with Crippen molar-refractivity contribution in [1.29, 1.82) is 0 Å². The van der Waals surface area contributed by atoms with Crippen LogP contribution in [0.15, 0.2) is 24.7 Å². The minimum atomic E-state index is -0.0893. The van der Waals surface area contributed by atoms with E-state index in [9.17, 15) is 4.79 Å². The highest BCUT2D eigenvalue weighted by Gasteiger charge is 2.36. The quantitative estimate of drug-likeness (QED) is 0.585. The van der Waals surface area contributed by atoms with E-state index in [1.54, 1.807) is 6.07 Å². The van der Waals surface area contributed by atoms with E-state index in [1.807, 2.05) is 0 Å². The number of halogens is 2. The molecule has 1 saturated heterocycles. The van der Waals surface area contributed by atoms with Gasteiger partial charge in [0.2, 0.25) is 5.91 Å². The van der Waals surface area contributed by atoms with E-state index < -0.39 is 0 Å². The van der Waals surface area contributed by atoms with Gasteiger partial charge in [0, 0.05) is 12.0 Å². The molecular formula is C14H16Br2N2O4. The Bertz CT molecular complexity index is 556. The van der Waals surface area contributed by atoms with Gasteiger partial charge in [0.25, 0.3) is 0 Å². The fourth-order valence-corrected chi connectivity index (χ4v) is 3.39. The van der Waals surface area contributed by atoms with Gasteiger partial charge in [-0.1, -0.05) is 0 Å². The summed E-state index contributed by atoms with van der Waals surface area (Å²) in [4.78, 5) is 12.2. The Kier molecular flexibility index (Phi) is 5.33. The van der Waals surface area contributed by atoms with Crippen molar-refractivity contribution in [2.75, 3.05) is 13.2 Å². The molecule has 8 heteroatoms. The normalized spacial score (nSPS) is 28.5. The van der Waals surface area contributed by atoms with E-state index >= 15 is 0 Å². The van der Waals surface area contributed by atoms with Crippen molar-refractivity contribution < 1.29 is 18.7 Å². The molecule has 3 rings (SSSR count). The minimum Gasteiger partial charge on any atom is -0.447 e. The molecule has 1 N–H and O–H groups in total. The van der Waals surface area contributed by atoms with Crippen molar-refractivity contribution in [1.82, 2.24) is 5.43 Å². The SMILES string of the molecule is O=C(N/N=C/c1cc(Br)c(Br)o1)C1CCC2OCCOC2C1. The third kappa shape index (κ3) is 3.79. The van der Waals surface area contributed by atoms with Crippen LogP contribution in [-0.2, 0) is 14.3 Å². The van der Waals surface area contributed by atoms with Gasteiger partial charge in [-0.3, -0.25) is 4.79 Å². The van der Waals surface area contributed by atoms with E-state index in [0.29, 0.717) is 30.1 Å². The Hall–Kier alpha value is -0.700. The molecule has 0 radical (unpaired) electrons. The summed E-state index contributed by atoms with van der Waals surface area (Å²) < 4.78 is 18.1. The third-order valence-corrected chi connectivity index (χ3v) is 5.59. The van der Waals surface area contributed by atoms with Crippen LogP contribution >= 0.6 is 31.9 Å². The maximum Gasteiger partial charge on any atom is 0.243 e. The molecule has 1 amide bonds. The first-order valence-corrected chi connectivity index (χ1v) is 8.73. The smallest absolute Gasteiger partial charge is 0.243 e. The molecule has 0 bridgehead atoms. The summed E-state index contributed by atoms with van der Waals surface area (Å²) in [7, 11) is 0. The Morgan fingerprint density at radius 1 is 1.27 bits per heavy atom. The summed E-state index contributed by atoms with van der Waals surface area (Å²) in [6, 6.07) is 1.76. The number of hydrogen-bond acceptors (Lipinski definition) is 5. The number of nitrogens with one attached hydrogen (secondary N) is 1. The summed E-state index contributed by atoms with van der Waals surface area (Å²) in [5.74, 6) is 0.371. The second-order valence-corrected chi connectivity index (χ2v) is 6.91. The zero-order valence-corrected chi connectivity index (χ0v) is 14.9. The number of fused-ring (bicyclic) bond motifs is 1. The van der Waals surface area contributed by atoms with Crippen LogP contribution in [0.4, 0.5) is 0 Å². The molecule has 2 heterocycles. The average molecular weight is 436 g/mol. The summed E-state index contributed by atoms with van der Waals surface area (Å²) in [6.07, 6.45) is 3.97. The van der Waals surface area contributed by atoms with E-state index in [1.165, 1.54) is 6.21 Å². The molecule has 0 aromatic carbocycles. The molecule has 6 nitrogen and oxygen atoms in total. The standard InChI is InChI=1S/C14H16Br2N2O4/c15-10-6-9(22-13(10)16)7-17-18-14(19)8-1-2-11-12(5-8)21-4-3-20-11/h6-8,11-12H,1-5H2,(H,18,19)/b17-7+. The lowest BCUT2D eigenvalue weighted by atomic mass is 9.84. The number of ether oxygens (including phenoxy) is 2. The number of furan rings is 1. The first-order chi connectivity index (χ1) is 10.6. The Morgan fingerprint density at radius 3 is 2.77 bits per heavy atom. The molecule has 1 saturated carbocycles. The van der Waals surface area contributed by atoms with Crippen LogP contribution in [0.1, 0.15) is 25.0 Å². The van der Waals surface area contributed by atoms with E-state index in [0.717, 1.165) is 17.3 Å². The number of hydrazone groups is 1. The van der Waals surface area contributed by atoms with Gasteiger partial charge in [-0.25, -0.2) is 5.43 Å². The molecule has 120 valence electrons. The highest BCUT2D eigenvalue weighted by atomic mass is 79.9. The zero-order valence-electron chi connectivity index (χ0n) is 11.8. The molecule has 0 spiro atoms. The molecule has 1 aromatic rings. The minimum absolute atomic E-state index is 0.0271. The number of nitrogens with zero attached hydrogens (tertiary/aromatic N) is 1. The number of carbonyl (C=O) groups is 1. The molecule has 2 fully saturated rings. The van der Waals surface area contributed by atoms with Crippen LogP contribution in [0.25, 0.3) is 0 Å². The topological polar surface area (TPSA) is 73.1 Å². The lowest BCUT2D eigenvalue weighted by molar-refractivity contribution is -0.165. The summed E-state index contributed by atoms with van der Waals surface area (Å²) in [5.41, 5.74) is 2.57. The van der Waals surface area contributed by atoms with Crippen LogP contribution in [-0.4, -0.2) is 37.5 Å². The van der Waals surface area contributed by atoms with Crippen LogP contribution < -0.4 is 5.43 Å². The number of amides is 1. The highest BCUT2D eigenvalue weighted by Crippen LogP contribution is 2.30. The van der Waals surface area contributed by atoms with Gasteiger partial charge >= 0.3 is 0 Å². The van der Waals surface area contributed by atoms with Gasteiger partial charge in [-0.05, 0) is 51.1 Å². The first-order valence-electron chi connectivity index (χ1n) is 7.14. The van der Waals surface area contributed by atoms with Crippen LogP contribution in [0.3, 0.4) is 0 Å². The van der Waals surface area contributed by atoms with Gasteiger partial charge < -0.3 is 13.9 Å². The molecule has 2 aliphatic rings. The largest absolute Gasteiger partial charge is 0.447 e. The van der Waals surface area contributed by atoms with Gasteiger partial charge in [0.1, 0.15) is 5.76 Å². The zero-order chi connectivity index (χ0) is 15.5. The number of carbonyl (C=O) groups excluding carboxylic acids is 1. The van der Waals surface area contributed by atoms with Crippen LogP contribution in [0, 0.1) is 5.92 Å². The van der Waals surface area contributed by atoms with E-state index in [2.05, 4.69) is 42.4 Å². The predicted molar refractivity (Wildman–Crippen MR) is 86.7 cm³/mol. The van der Waals surface area contributed by atoms with Gasteiger partial charge in [0.15, 0.2) is 4.67 Å². The molecule has 3 atom stereocenters. The van der Waals surface area contributed by atoms with Crippen molar-refractivity contribution in [3.63, 3.8) is 0 Å². The van der Waals surface area contributed by atoms with Crippen molar-refractivity contribution in [3.8, 4) is 0 Å². The molecule has 3 unspecified atom stereocenters.